The highest BCUT2D eigenvalue weighted by Gasteiger charge is 2.06. The summed E-state index contributed by atoms with van der Waals surface area (Å²) in [7, 11) is 1.56. The van der Waals surface area contributed by atoms with Gasteiger partial charge < -0.3 is 9.03 Å². The van der Waals surface area contributed by atoms with E-state index in [9.17, 15) is 0 Å². The van der Waals surface area contributed by atoms with Crippen molar-refractivity contribution in [1.82, 2.24) is 0 Å². The second-order valence-corrected chi connectivity index (χ2v) is 2.86. The minimum absolute atomic E-state index is 0.503. The van der Waals surface area contributed by atoms with Crippen LogP contribution < -0.4 is 9.03 Å². The summed E-state index contributed by atoms with van der Waals surface area (Å²) in [6.45, 7) is 0. The van der Waals surface area contributed by atoms with E-state index in [0.29, 0.717) is 11.5 Å². The predicted molar refractivity (Wildman–Crippen MR) is 47.2 cm³/mol. The molecule has 0 aromatic heterocycles. The van der Waals surface area contributed by atoms with Gasteiger partial charge in [0.05, 0.1) is 11.6 Å². The summed E-state index contributed by atoms with van der Waals surface area (Å²) in [6, 6.07) is 5.37. The summed E-state index contributed by atoms with van der Waals surface area (Å²) >= 11 is 8.47. The lowest BCUT2D eigenvalue weighted by atomic mass is 10.3. The van der Waals surface area contributed by atoms with Gasteiger partial charge in [-0.25, -0.2) is 0 Å². The second kappa shape index (κ2) is 3.83. The topological polar surface area (TPSA) is 18.5 Å². The summed E-state index contributed by atoms with van der Waals surface area (Å²) in [5.74, 6) is 1.10. The van der Waals surface area contributed by atoms with Gasteiger partial charge in [-0.15, -0.1) is 0 Å². The van der Waals surface area contributed by atoms with Crippen molar-refractivity contribution in [2.24, 2.45) is 0 Å². The van der Waals surface area contributed by atoms with Crippen LogP contribution in [0.25, 0.3) is 0 Å². The molecule has 0 amide bonds. The molecule has 0 fully saturated rings. The van der Waals surface area contributed by atoms with Gasteiger partial charge in [0.2, 0.25) is 0 Å². The molecule has 0 saturated carbocycles. The highest BCUT2D eigenvalue weighted by atomic mass is 79.9. The molecule has 1 aromatic carbocycles. The van der Waals surface area contributed by atoms with E-state index in [1.54, 1.807) is 13.2 Å². The van der Waals surface area contributed by atoms with Crippen LogP contribution in [0.3, 0.4) is 0 Å². The van der Waals surface area contributed by atoms with Crippen molar-refractivity contribution in [2.75, 3.05) is 7.11 Å². The Kier molecular flexibility index (Phi) is 3.02. The van der Waals surface area contributed by atoms with Crippen molar-refractivity contribution in [3.05, 3.63) is 22.7 Å². The summed E-state index contributed by atoms with van der Waals surface area (Å²) in [5, 5.41) is 0. The molecular formula is C7H6BrClO2. The van der Waals surface area contributed by atoms with E-state index in [4.69, 9.17) is 16.6 Å². The molecule has 0 radical (unpaired) electrons. The van der Waals surface area contributed by atoms with Crippen molar-refractivity contribution < 1.29 is 9.03 Å². The van der Waals surface area contributed by atoms with Gasteiger partial charge in [-0.1, -0.05) is 6.07 Å². The Morgan fingerprint density at radius 2 is 2.18 bits per heavy atom. The van der Waals surface area contributed by atoms with Crippen molar-refractivity contribution in [3.8, 4) is 11.5 Å². The maximum Gasteiger partial charge on any atom is 0.189 e. The zero-order valence-corrected chi connectivity index (χ0v) is 8.15. The average molecular weight is 237 g/mol. The number of hydrogen-bond donors (Lipinski definition) is 0. The van der Waals surface area contributed by atoms with Crippen LogP contribution in [0.1, 0.15) is 0 Å². The van der Waals surface area contributed by atoms with Gasteiger partial charge in [-0.2, -0.15) is 0 Å². The van der Waals surface area contributed by atoms with Crippen LogP contribution in [0.2, 0.25) is 0 Å². The molecule has 0 aliphatic heterocycles. The van der Waals surface area contributed by atoms with Crippen molar-refractivity contribution in [1.29, 1.82) is 0 Å². The largest absolute Gasteiger partial charge is 0.492 e. The summed E-state index contributed by atoms with van der Waals surface area (Å²) in [5.41, 5.74) is 0. The van der Waals surface area contributed by atoms with Gasteiger partial charge in [0.15, 0.2) is 11.5 Å². The quantitative estimate of drug-likeness (QED) is 0.787. The molecule has 60 valence electrons. The first-order valence-corrected chi connectivity index (χ1v) is 4.01. The predicted octanol–water partition coefficient (Wildman–Crippen LogP) is 2.99. The van der Waals surface area contributed by atoms with E-state index >= 15 is 0 Å². The number of benzene rings is 1. The second-order valence-electron chi connectivity index (χ2n) is 1.85. The first-order chi connectivity index (χ1) is 5.29. The smallest absolute Gasteiger partial charge is 0.189 e. The standard InChI is InChI=1S/C7H6BrClO2/c1-10-7-5(8)3-2-4-6(7)11-9/h2-4H,1H3. The van der Waals surface area contributed by atoms with E-state index in [2.05, 4.69) is 20.2 Å². The average Bonchev–Trinajstić information content (AvgIpc) is 2.04. The number of ether oxygens (including phenoxy) is 1. The zero-order valence-electron chi connectivity index (χ0n) is 5.80. The fourth-order valence-electron chi connectivity index (χ4n) is 0.748. The Labute approximate surface area is 78.4 Å². The van der Waals surface area contributed by atoms with Crippen LogP contribution in [-0.4, -0.2) is 7.11 Å². The van der Waals surface area contributed by atoms with E-state index in [0.717, 1.165) is 4.47 Å². The van der Waals surface area contributed by atoms with Gasteiger partial charge in [-0.3, -0.25) is 0 Å². The van der Waals surface area contributed by atoms with E-state index in [-0.39, 0.29) is 0 Å². The number of halogens is 2. The van der Waals surface area contributed by atoms with Gasteiger partial charge in [0.25, 0.3) is 0 Å². The highest BCUT2D eigenvalue weighted by Crippen LogP contribution is 2.34. The van der Waals surface area contributed by atoms with Crippen LogP contribution in [0.5, 0.6) is 11.5 Å². The van der Waals surface area contributed by atoms with Crippen LogP contribution in [0.4, 0.5) is 0 Å². The van der Waals surface area contributed by atoms with Crippen molar-refractivity contribution >= 4 is 27.8 Å². The third kappa shape index (κ3) is 1.79. The lowest BCUT2D eigenvalue weighted by Crippen LogP contribution is -1.87. The Balaban J connectivity index is 3.13. The minimum atomic E-state index is 0.503. The zero-order chi connectivity index (χ0) is 8.27. The molecule has 0 saturated heterocycles. The van der Waals surface area contributed by atoms with E-state index < -0.39 is 0 Å². The number of para-hydroxylation sites is 1. The first-order valence-electron chi connectivity index (χ1n) is 2.90. The normalized spacial score (nSPS) is 9.36. The molecule has 2 nitrogen and oxygen atoms in total. The molecule has 0 bridgehead atoms. The molecule has 0 unspecified atom stereocenters. The molecular weight excluding hydrogens is 231 g/mol. The lowest BCUT2D eigenvalue weighted by molar-refractivity contribution is 0.395. The van der Waals surface area contributed by atoms with Crippen molar-refractivity contribution in [2.45, 2.75) is 0 Å². The van der Waals surface area contributed by atoms with Gasteiger partial charge >= 0.3 is 0 Å². The molecule has 0 N–H and O–H groups in total. The number of rotatable bonds is 2. The molecule has 0 heterocycles. The minimum Gasteiger partial charge on any atom is -0.492 e. The molecule has 0 aliphatic rings. The van der Waals surface area contributed by atoms with Crippen LogP contribution in [0.15, 0.2) is 22.7 Å². The monoisotopic (exact) mass is 236 g/mol. The highest BCUT2D eigenvalue weighted by molar-refractivity contribution is 9.10. The Hall–Kier alpha value is -0.410. The van der Waals surface area contributed by atoms with Gasteiger partial charge in [0, 0.05) is 0 Å². The fourth-order valence-corrected chi connectivity index (χ4v) is 1.38. The Morgan fingerprint density at radius 1 is 1.45 bits per heavy atom. The molecule has 0 atom stereocenters. The van der Waals surface area contributed by atoms with E-state index in [1.165, 1.54) is 0 Å². The van der Waals surface area contributed by atoms with Gasteiger partial charge in [-0.05, 0) is 28.1 Å². The lowest BCUT2D eigenvalue weighted by Gasteiger charge is -2.05. The molecule has 4 heteroatoms. The third-order valence-electron chi connectivity index (χ3n) is 1.22. The third-order valence-corrected chi connectivity index (χ3v) is 2.01. The maximum absolute atomic E-state index is 5.18. The number of hydrogen-bond acceptors (Lipinski definition) is 2. The number of methoxy groups -OCH3 is 1. The molecule has 11 heavy (non-hydrogen) atoms. The SMILES string of the molecule is COc1c(Br)cccc1OCl. The van der Waals surface area contributed by atoms with Crippen LogP contribution >= 0.6 is 27.8 Å². The Morgan fingerprint density at radius 3 is 2.64 bits per heavy atom. The van der Waals surface area contributed by atoms with Crippen LogP contribution in [-0.2, 0) is 0 Å². The van der Waals surface area contributed by atoms with E-state index in [1.807, 2.05) is 12.1 Å². The molecule has 1 aromatic rings. The maximum atomic E-state index is 5.18. The van der Waals surface area contributed by atoms with Gasteiger partial charge in [0.1, 0.15) is 11.9 Å². The van der Waals surface area contributed by atoms with Crippen LogP contribution in [0, 0.1) is 0 Å². The molecule has 1 rings (SSSR count). The fraction of sp³-hybridized carbons (Fsp3) is 0.143. The Bertz CT molecular complexity index is 252. The molecule has 0 aliphatic carbocycles. The summed E-state index contributed by atoms with van der Waals surface area (Å²) in [4.78, 5) is 0. The molecule has 0 spiro atoms. The first kappa shape index (κ1) is 8.68. The summed E-state index contributed by atoms with van der Waals surface area (Å²) in [6.07, 6.45) is 0. The van der Waals surface area contributed by atoms with Crippen molar-refractivity contribution in [3.63, 3.8) is 0 Å². The summed E-state index contributed by atoms with van der Waals surface area (Å²) < 4.78 is 10.4.